The summed E-state index contributed by atoms with van der Waals surface area (Å²) in [5, 5.41) is 1.18. The van der Waals surface area contributed by atoms with E-state index >= 15 is 0 Å². The molecule has 1 saturated heterocycles. The van der Waals surface area contributed by atoms with Crippen molar-refractivity contribution in [2.45, 2.75) is 32.7 Å². The van der Waals surface area contributed by atoms with E-state index in [9.17, 15) is 0 Å². The first-order chi connectivity index (χ1) is 8.22. The van der Waals surface area contributed by atoms with Crippen LogP contribution in [0.15, 0.2) is 0 Å². The normalized spacial score (nSPS) is 17.5. The van der Waals surface area contributed by atoms with Gasteiger partial charge in [0.1, 0.15) is 0 Å². The molecule has 96 valence electrons. The molecule has 0 aromatic carbocycles. The van der Waals surface area contributed by atoms with Crippen molar-refractivity contribution in [3.05, 3.63) is 10.6 Å². The monoisotopic (exact) mass is 271 g/mol. The number of hydrogen-bond donors (Lipinski definition) is 1. The van der Waals surface area contributed by atoms with Crippen LogP contribution in [0.2, 0.25) is 0 Å². The number of anilines is 1. The first-order valence-corrected chi connectivity index (χ1v) is 8.22. The largest absolute Gasteiger partial charge is 0.347 e. The van der Waals surface area contributed by atoms with Crippen molar-refractivity contribution in [1.82, 2.24) is 4.98 Å². The van der Waals surface area contributed by atoms with Crippen molar-refractivity contribution in [3.63, 3.8) is 0 Å². The topological polar surface area (TPSA) is 42.2 Å². The Balaban J connectivity index is 2.19. The van der Waals surface area contributed by atoms with Crippen molar-refractivity contribution >= 4 is 28.2 Å². The Bertz CT molecular complexity index is 355. The van der Waals surface area contributed by atoms with Gasteiger partial charge in [-0.25, -0.2) is 4.98 Å². The number of aromatic nitrogens is 1. The maximum absolute atomic E-state index is 5.81. The summed E-state index contributed by atoms with van der Waals surface area (Å²) in [5.41, 5.74) is 7.01. The first kappa shape index (κ1) is 13.2. The number of nitrogens with two attached hydrogens (primary N) is 1. The van der Waals surface area contributed by atoms with E-state index in [1.54, 1.807) is 11.3 Å². The molecule has 2 N–H and O–H groups in total. The van der Waals surface area contributed by atoms with E-state index in [-0.39, 0.29) is 0 Å². The van der Waals surface area contributed by atoms with Gasteiger partial charge in [0.15, 0.2) is 5.13 Å². The molecule has 3 nitrogen and oxygen atoms in total. The van der Waals surface area contributed by atoms with Gasteiger partial charge in [-0.2, -0.15) is 11.8 Å². The maximum atomic E-state index is 5.81. The average molecular weight is 271 g/mol. The van der Waals surface area contributed by atoms with Gasteiger partial charge in [-0.1, -0.05) is 13.8 Å². The van der Waals surface area contributed by atoms with Gasteiger partial charge in [0.2, 0.25) is 0 Å². The molecule has 0 radical (unpaired) electrons. The molecule has 2 rings (SSSR count). The molecule has 0 saturated carbocycles. The average Bonchev–Trinajstić information content (AvgIpc) is 2.57. The third-order valence-electron chi connectivity index (χ3n) is 2.94. The predicted octanol–water partition coefficient (Wildman–Crippen LogP) is 2.67. The van der Waals surface area contributed by atoms with Crippen LogP contribution in [-0.2, 0) is 6.54 Å². The van der Waals surface area contributed by atoms with E-state index in [1.165, 1.54) is 33.6 Å². The molecule has 0 amide bonds. The summed E-state index contributed by atoms with van der Waals surface area (Å²) in [4.78, 5) is 8.48. The van der Waals surface area contributed by atoms with Gasteiger partial charge in [0, 0.05) is 30.3 Å². The van der Waals surface area contributed by atoms with Gasteiger partial charge >= 0.3 is 0 Å². The molecule has 1 aliphatic rings. The third kappa shape index (κ3) is 3.14. The third-order valence-corrected chi connectivity index (χ3v) is 5.14. The van der Waals surface area contributed by atoms with Gasteiger partial charge in [0.05, 0.1) is 5.69 Å². The van der Waals surface area contributed by atoms with Gasteiger partial charge < -0.3 is 10.6 Å². The van der Waals surface area contributed by atoms with Gasteiger partial charge in [-0.05, 0) is 18.1 Å². The van der Waals surface area contributed by atoms with Crippen molar-refractivity contribution in [2.24, 2.45) is 5.73 Å². The Morgan fingerprint density at radius 3 is 2.82 bits per heavy atom. The second-order valence-electron chi connectivity index (χ2n) is 4.62. The van der Waals surface area contributed by atoms with Gasteiger partial charge in [-0.3, -0.25) is 0 Å². The van der Waals surface area contributed by atoms with Crippen LogP contribution in [0.4, 0.5) is 5.13 Å². The highest BCUT2D eigenvalue weighted by molar-refractivity contribution is 7.99. The highest BCUT2D eigenvalue weighted by atomic mass is 32.2. The molecule has 0 bridgehead atoms. The molecule has 0 atom stereocenters. The van der Waals surface area contributed by atoms with Crippen molar-refractivity contribution in [3.8, 4) is 0 Å². The fourth-order valence-corrected chi connectivity index (χ4v) is 4.05. The van der Waals surface area contributed by atoms with E-state index in [0.29, 0.717) is 12.5 Å². The molecule has 0 spiro atoms. The second kappa shape index (κ2) is 6.07. The fraction of sp³-hybridized carbons (Fsp3) is 0.750. The summed E-state index contributed by atoms with van der Waals surface area (Å²) < 4.78 is 0. The van der Waals surface area contributed by atoms with E-state index in [2.05, 4.69) is 18.7 Å². The molecule has 0 unspecified atom stereocenters. The smallest absolute Gasteiger partial charge is 0.185 e. The van der Waals surface area contributed by atoms with Gasteiger partial charge in [0.25, 0.3) is 0 Å². The fourth-order valence-electron chi connectivity index (χ4n) is 2.02. The maximum Gasteiger partial charge on any atom is 0.185 e. The summed E-state index contributed by atoms with van der Waals surface area (Å²) in [6.45, 7) is 7.27. The SMILES string of the molecule is CC(C)c1nc(N2CCCSCC2)sc1CN. The Morgan fingerprint density at radius 2 is 2.18 bits per heavy atom. The molecule has 0 aliphatic carbocycles. The Kier molecular flexibility index (Phi) is 4.70. The van der Waals surface area contributed by atoms with Crippen molar-refractivity contribution < 1.29 is 0 Å². The van der Waals surface area contributed by atoms with E-state index in [1.807, 2.05) is 11.8 Å². The Labute approximate surface area is 112 Å². The predicted molar refractivity (Wildman–Crippen MR) is 78.2 cm³/mol. The zero-order valence-corrected chi connectivity index (χ0v) is 12.2. The quantitative estimate of drug-likeness (QED) is 0.918. The molecule has 1 aromatic rings. The van der Waals surface area contributed by atoms with Crippen molar-refractivity contribution in [1.29, 1.82) is 0 Å². The summed E-state index contributed by atoms with van der Waals surface area (Å²) >= 11 is 3.83. The Hall–Kier alpha value is -0.260. The molecule has 1 fully saturated rings. The van der Waals surface area contributed by atoms with Crippen molar-refractivity contribution in [2.75, 3.05) is 29.5 Å². The number of nitrogens with zero attached hydrogens (tertiary/aromatic N) is 2. The number of thioether (sulfide) groups is 1. The minimum absolute atomic E-state index is 0.472. The summed E-state index contributed by atoms with van der Waals surface area (Å²) in [5.74, 6) is 2.97. The highest BCUT2D eigenvalue weighted by Crippen LogP contribution is 2.31. The molecule has 5 heteroatoms. The molecule has 2 heterocycles. The van der Waals surface area contributed by atoms with Crippen LogP contribution < -0.4 is 10.6 Å². The second-order valence-corrected chi connectivity index (χ2v) is 6.90. The van der Waals surface area contributed by atoms with Crippen LogP contribution in [0.25, 0.3) is 0 Å². The minimum atomic E-state index is 0.472. The van der Waals surface area contributed by atoms with E-state index in [0.717, 1.165) is 13.1 Å². The van der Waals surface area contributed by atoms with Crippen LogP contribution in [0, 0.1) is 0 Å². The molecule has 17 heavy (non-hydrogen) atoms. The zero-order valence-electron chi connectivity index (χ0n) is 10.6. The van der Waals surface area contributed by atoms with Crippen LogP contribution in [0.1, 0.15) is 36.8 Å². The standard InChI is InChI=1S/C12H21N3S2/c1-9(2)11-10(8-13)17-12(14-11)15-4-3-6-16-7-5-15/h9H,3-8,13H2,1-2H3. The first-order valence-electron chi connectivity index (χ1n) is 6.24. The molecule has 1 aliphatic heterocycles. The van der Waals surface area contributed by atoms with Crippen LogP contribution in [-0.4, -0.2) is 29.6 Å². The van der Waals surface area contributed by atoms with Crippen LogP contribution in [0.3, 0.4) is 0 Å². The lowest BCUT2D eigenvalue weighted by Gasteiger charge is -2.18. The number of hydrogen-bond acceptors (Lipinski definition) is 5. The Morgan fingerprint density at radius 1 is 1.35 bits per heavy atom. The molecular weight excluding hydrogens is 250 g/mol. The summed E-state index contributed by atoms with van der Waals surface area (Å²) in [7, 11) is 0. The summed E-state index contributed by atoms with van der Waals surface area (Å²) in [6, 6.07) is 0. The zero-order chi connectivity index (χ0) is 12.3. The van der Waals surface area contributed by atoms with E-state index in [4.69, 9.17) is 10.7 Å². The number of rotatable bonds is 3. The number of thiazole rings is 1. The van der Waals surface area contributed by atoms with E-state index < -0.39 is 0 Å². The lowest BCUT2D eigenvalue weighted by atomic mass is 10.1. The van der Waals surface area contributed by atoms with Crippen LogP contribution in [0.5, 0.6) is 0 Å². The summed E-state index contributed by atoms with van der Waals surface area (Å²) in [6.07, 6.45) is 1.26. The molecule has 1 aromatic heterocycles. The van der Waals surface area contributed by atoms with Crippen LogP contribution >= 0.6 is 23.1 Å². The molecular formula is C12H21N3S2. The lowest BCUT2D eigenvalue weighted by Crippen LogP contribution is -2.25. The highest BCUT2D eigenvalue weighted by Gasteiger charge is 2.18. The minimum Gasteiger partial charge on any atom is -0.347 e. The van der Waals surface area contributed by atoms with Gasteiger partial charge in [-0.15, -0.1) is 11.3 Å². The lowest BCUT2D eigenvalue weighted by molar-refractivity contribution is 0.784.